The van der Waals surface area contributed by atoms with Crippen molar-refractivity contribution in [3.63, 3.8) is 0 Å². The van der Waals surface area contributed by atoms with E-state index in [-0.39, 0.29) is 5.28 Å². The first-order chi connectivity index (χ1) is 4.84. The topological polar surface area (TPSA) is 71.0 Å². The fourth-order valence-corrected chi connectivity index (χ4v) is 0.876. The Morgan fingerprint density at radius 1 is 1.50 bits per heavy atom. The first-order valence-corrected chi connectivity index (χ1v) is 3.10. The van der Waals surface area contributed by atoms with Crippen LogP contribution < -0.4 is 5.32 Å². The molecule has 6 nitrogen and oxygen atoms in total. The summed E-state index contributed by atoms with van der Waals surface area (Å²) in [5, 5.41) is 17.2. The van der Waals surface area contributed by atoms with E-state index in [0.29, 0.717) is 13.1 Å². The van der Waals surface area contributed by atoms with Gasteiger partial charge in [-0.05, 0) is 0 Å². The van der Waals surface area contributed by atoms with Crippen LogP contribution in [0.4, 0.5) is 0 Å². The van der Waals surface area contributed by atoms with Gasteiger partial charge < -0.3 is 10.5 Å². The van der Waals surface area contributed by atoms with Crippen molar-refractivity contribution in [2.45, 2.75) is 0 Å². The molecule has 1 aliphatic heterocycles. The molecule has 0 amide bonds. The van der Waals surface area contributed by atoms with E-state index in [0.717, 1.165) is 13.1 Å². The molecule has 6 heteroatoms. The molecule has 1 aliphatic rings. The third kappa shape index (κ3) is 1.63. The van der Waals surface area contributed by atoms with E-state index in [1.165, 1.54) is 5.01 Å². The van der Waals surface area contributed by atoms with Crippen molar-refractivity contribution in [2.24, 2.45) is 5.29 Å². The Labute approximate surface area is 58.3 Å². The molecule has 1 rings (SSSR count). The molecular formula is C4H9N4O2-. The van der Waals surface area contributed by atoms with Crippen molar-refractivity contribution in [2.75, 3.05) is 26.2 Å². The molecule has 0 radical (unpaired) electrons. The van der Waals surface area contributed by atoms with Crippen molar-refractivity contribution in [3.05, 3.63) is 10.1 Å². The quantitative estimate of drug-likeness (QED) is 0.410. The van der Waals surface area contributed by atoms with E-state index in [9.17, 15) is 10.1 Å². The smallest absolute Gasteiger partial charge is 0.0579 e. The molecule has 0 saturated carbocycles. The second-order valence-corrected chi connectivity index (χ2v) is 2.04. The van der Waals surface area contributed by atoms with Gasteiger partial charge in [-0.2, -0.15) is 0 Å². The molecule has 10 heavy (non-hydrogen) atoms. The zero-order chi connectivity index (χ0) is 7.40. The minimum absolute atomic E-state index is 0.0981. The fraction of sp³-hybridized carbons (Fsp3) is 1.00. The normalized spacial score (nSPS) is 20.5. The summed E-state index contributed by atoms with van der Waals surface area (Å²) in [5.74, 6) is 0. The summed E-state index contributed by atoms with van der Waals surface area (Å²) < 4.78 is 0. The molecule has 0 aliphatic carbocycles. The van der Waals surface area contributed by atoms with Crippen LogP contribution >= 0.6 is 0 Å². The number of hydrazine groups is 1. The maximum absolute atomic E-state index is 10.5. The minimum atomic E-state index is 0.0981. The average molecular weight is 145 g/mol. The molecule has 0 spiro atoms. The molecule has 0 unspecified atom stereocenters. The van der Waals surface area contributed by atoms with Gasteiger partial charge in [0, 0.05) is 26.2 Å². The molecule has 58 valence electrons. The van der Waals surface area contributed by atoms with Crippen molar-refractivity contribution in [1.82, 2.24) is 15.6 Å². The van der Waals surface area contributed by atoms with Gasteiger partial charge in [-0.25, -0.2) is 5.01 Å². The van der Waals surface area contributed by atoms with Crippen LogP contribution in [0, 0.1) is 10.1 Å². The third-order valence-electron chi connectivity index (χ3n) is 1.41. The first kappa shape index (κ1) is 7.39. The molecule has 1 heterocycles. The zero-order valence-corrected chi connectivity index (χ0v) is 5.49. The number of piperazine rings is 1. The lowest BCUT2D eigenvalue weighted by molar-refractivity contribution is 0.0111. The van der Waals surface area contributed by atoms with Gasteiger partial charge in [-0.3, -0.25) is 5.28 Å². The predicted octanol–water partition coefficient (Wildman–Crippen LogP) is -0.712. The van der Waals surface area contributed by atoms with Gasteiger partial charge in [-0.1, -0.05) is 0 Å². The van der Waals surface area contributed by atoms with Crippen LogP contribution in [0.25, 0.3) is 0 Å². The van der Waals surface area contributed by atoms with E-state index >= 15 is 0 Å². The minimum Gasteiger partial charge on any atom is -0.724 e. The maximum atomic E-state index is 10.5. The predicted molar refractivity (Wildman–Crippen MR) is 35.4 cm³/mol. The second kappa shape index (κ2) is 3.45. The molecule has 0 bridgehead atoms. The molecular weight excluding hydrogens is 136 g/mol. The van der Waals surface area contributed by atoms with Gasteiger partial charge in [0.25, 0.3) is 0 Å². The summed E-state index contributed by atoms with van der Waals surface area (Å²) in [6.45, 7) is 2.56. The van der Waals surface area contributed by atoms with E-state index in [2.05, 4.69) is 10.6 Å². The maximum Gasteiger partial charge on any atom is 0.0579 e. The van der Waals surface area contributed by atoms with E-state index in [4.69, 9.17) is 0 Å². The zero-order valence-electron chi connectivity index (χ0n) is 5.49. The Bertz CT molecular complexity index is 114. The van der Waals surface area contributed by atoms with Crippen molar-refractivity contribution < 1.29 is 0 Å². The number of rotatable bonds is 2. The number of nitroso groups, excluding NO2 is 1. The fourth-order valence-electron chi connectivity index (χ4n) is 0.876. The molecule has 1 saturated heterocycles. The highest BCUT2D eigenvalue weighted by molar-refractivity contribution is 4.64. The Balaban J connectivity index is 2.30. The van der Waals surface area contributed by atoms with Crippen LogP contribution in [-0.2, 0) is 0 Å². The van der Waals surface area contributed by atoms with Crippen LogP contribution in [-0.4, -0.2) is 36.5 Å². The largest absolute Gasteiger partial charge is 0.724 e. The Hall–Kier alpha value is -0.720. The summed E-state index contributed by atoms with van der Waals surface area (Å²) in [5.41, 5.74) is 0. The summed E-state index contributed by atoms with van der Waals surface area (Å²) in [7, 11) is 0. The van der Waals surface area contributed by atoms with Crippen molar-refractivity contribution >= 4 is 0 Å². The number of nitrogens with zero attached hydrogens (tertiary/aromatic N) is 3. The highest BCUT2D eigenvalue weighted by Crippen LogP contribution is 1.97. The van der Waals surface area contributed by atoms with Crippen LogP contribution in [0.2, 0.25) is 0 Å². The highest BCUT2D eigenvalue weighted by Gasteiger charge is 2.09. The molecule has 1 N–H and O–H groups in total. The van der Waals surface area contributed by atoms with E-state index in [1.54, 1.807) is 0 Å². The lowest BCUT2D eigenvalue weighted by atomic mass is 10.4. The number of hydrogen-bond acceptors (Lipinski definition) is 5. The SMILES string of the molecule is O=NN([O-])N1CCNCC1. The van der Waals surface area contributed by atoms with Crippen LogP contribution in [0.3, 0.4) is 0 Å². The second-order valence-electron chi connectivity index (χ2n) is 2.04. The van der Waals surface area contributed by atoms with Crippen molar-refractivity contribution in [1.29, 1.82) is 0 Å². The number of nitrogens with one attached hydrogen (secondary N) is 1. The van der Waals surface area contributed by atoms with E-state index < -0.39 is 0 Å². The Kier molecular flexibility index (Phi) is 2.55. The molecule has 0 atom stereocenters. The van der Waals surface area contributed by atoms with Crippen LogP contribution in [0.5, 0.6) is 0 Å². The van der Waals surface area contributed by atoms with Gasteiger partial charge in [0.2, 0.25) is 0 Å². The number of hydrogen-bond donors (Lipinski definition) is 1. The lowest BCUT2D eigenvalue weighted by Crippen LogP contribution is -2.48. The van der Waals surface area contributed by atoms with Gasteiger partial charge in [0.1, 0.15) is 0 Å². The molecule has 0 aromatic carbocycles. The van der Waals surface area contributed by atoms with Crippen molar-refractivity contribution in [3.8, 4) is 0 Å². The molecule has 1 fully saturated rings. The van der Waals surface area contributed by atoms with Gasteiger partial charge in [0.15, 0.2) is 0 Å². The van der Waals surface area contributed by atoms with Crippen LogP contribution in [0.1, 0.15) is 0 Å². The summed E-state index contributed by atoms with van der Waals surface area (Å²) in [6.07, 6.45) is 0. The van der Waals surface area contributed by atoms with E-state index in [1.807, 2.05) is 0 Å². The van der Waals surface area contributed by atoms with Gasteiger partial charge >= 0.3 is 0 Å². The standard InChI is InChI=1S/C4H9N4O2/c9-6-8(10)7-3-1-5-2-4-7/h5H,1-4H2/q-1. The monoisotopic (exact) mass is 145 g/mol. The van der Waals surface area contributed by atoms with Gasteiger partial charge in [-0.15, -0.1) is 4.91 Å². The Morgan fingerprint density at radius 2 is 2.10 bits per heavy atom. The highest BCUT2D eigenvalue weighted by atomic mass is 16.6. The summed E-state index contributed by atoms with van der Waals surface area (Å²) >= 11 is 0. The van der Waals surface area contributed by atoms with Crippen LogP contribution in [0.15, 0.2) is 5.29 Å². The summed E-state index contributed by atoms with van der Waals surface area (Å²) in [4.78, 5) is 9.71. The van der Waals surface area contributed by atoms with Gasteiger partial charge in [0.05, 0.1) is 5.29 Å². The molecule has 0 aromatic rings. The first-order valence-electron chi connectivity index (χ1n) is 3.10. The lowest BCUT2D eigenvalue weighted by Gasteiger charge is -2.36. The molecule has 0 aromatic heterocycles. The third-order valence-corrected chi connectivity index (χ3v) is 1.41. The average Bonchev–Trinajstić information content (AvgIpc) is 2.05. The summed E-state index contributed by atoms with van der Waals surface area (Å²) in [6, 6.07) is 0. The Morgan fingerprint density at radius 3 is 2.60 bits per heavy atom.